The highest BCUT2D eigenvalue weighted by Crippen LogP contribution is 2.22. The van der Waals surface area contributed by atoms with Gasteiger partial charge < -0.3 is 5.32 Å². The summed E-state index contributed by atoms with van der Waals surface area (Å²) >= 11 is 0. The first-order chi connectivity index (χ1) is 9.49. The number of pyridine rings is 1. The second-order valence-electron chi connectivity index (χ2n) is 4.41. The van der Waals surface area contributed by atoms with Crippen molar-refractivity contribution in [3.8, 4) is 0 Å². The van der Waals surface area contributed by atoms with Crippen LogP contribution in [-0.4, -0.2) is 21.3 Å². The van der Waals surface area contributed by atoms with Gasteiger partial charge >= 0.3 is 0 Å². The topological polar surface area (TPSA) is 42.7 Å². The van der Waals surface area contributed by atoms with E-state index < -0.39 is 29.2 Å². The van der Waals surface area contributed by atoms with E-state index in [9.17, 15) is 17.6 Å². The molecule has 20 heavy (non-hydrogen) atoms. The van der Waals surface area contributed by atoms with Gasteiger partial charge in [-0.2, -0.15) is 27.6 Å². The minimum Gasteiger partial charge on any atom is -0.380 e. The fraction of sp³-hybridized carbons (Fsp3) is 0.333. The molecule has 0 saturated carbocycles. The van der Waals surface area contributed by atoms with Crippen LogP contribution in [0.1, 0.15) is 6.92 Å². The third kappa shape index (κ3) is 3.06. The number of hydrogen-bond acceptors (Lipinski definition) is 3. The molecule has 4 nitrogen and oxygen atoms in total. The molecule has 0 spiro atoms. The van der Waals surface area contributed by atoms with Crippen molar-refractivity contribution in [1.29, 1.82) is 0 Å². The number of rotatable bonds is 5. The highest BCUT2D eigenvalue weighted by atomic mass is 19.2. The van der Waals surface area contributed by atoms with Crippen LogP contribution in [0.25, 0.3) is 0 Å². The van der Waals surface area contributed by atoms with Crippen LogP contribution in [0.4, 0.5) is 23.2 Å². The van der Waals surface area contributed by atoms with Crippen molar-refractivity contribution in [2.24, 2.45) is 5.92 Å². The molecule has 0 fully saturated rings. The van der Waals surface area contributed by atoms with Crippen molar-refractivity contribution in [3.05, 3.63) is 42.0 Å². The molecule has 2 aromatic heterocycles. The molecule has 0 bridgehead atoms. The van der Waals surface area contributed by atoms with Gasteiger partial charge in [0, 0.05) is 25.5 Å². The first-order valence-electron chi connectivity index (χ1n) is 5.90. The van der Waals surface area contributed by atoms with Gasteiger partial charge in [-0.3, -0.25) is 4.68 Å². The molecule has 8 heteroatoms. The lowest BCUT2D eigenvalue weighted by molar-refractivity contribution is 0.408. The fourth-order valence-electron chi connectivity index (χ4n) is 1.71. The summed E-state index contributed by atoms with van der Waals surface area (Å²) < 4.78 is 54.1. The summed E-state index contributed by atoms with van der Waals surface area (Å²) in [6.45, 7) is 2.42. The maximum atomic E-state index is 13.3. The third-order valence-corrected chi connectivity index (χ3v) is 2.68. The molecule has 0 saturated heterocycles. The fourth-order valence-corrected chi connectivity index (χ4v) is 1.71. The molecule has 108 valence electrons. The normalized spacial score (nSPS) is 12.4. The number of halogens is 4. The van der Waals surface area contributed by atoms with Crippen molar-refractivity contribution in [2.45, 2.75) is 13.5 Å². The monoisotopic (exact) mass is 288 g/mol. The van der Waals surface area contributed by atoms with Gasteiger partial charge in [0.1, 0.15) is 5.69 Å². The minimum absolute atomic E-state index is 0.0620. The third-order valence-electron chi connectivity index (χ3n) is 2.68. The molecule has 1 unspecified atom stereocenters. The molecular formula is C12H12F4N4. The quantitative estimate of drug-likeness (QED) is 0.679. The van der Waals surface area contributed by atoms with Gasteiger partial charge in [0.05, 0.1) is 0 Å². The number of nitrogens with zero attached hydrogens (tertiary/aromatic N) is 3. The molecule has 0 aliphatic rings. The van der Waals surface area contributed by atoms with Crippen LogP contribution < -0.4 is 5.32 Å². The van der Waals surface area contributed by atoms with Gasteiger partial charge in [0.15, 0.2) is 0 Å². The molecule has 0 aliphatic heterocycles. The lowest BCUT2D eigenvalue weighted by Crippen LogP contribution is -2.19. The first-order valence-corrected chi connectivity index (χ1v) is 5.90. The second-order valence-corrected chi connectivity index (χ2v) is 4.41. The molecule has 0 aromatic carbocycles. The Morgan fingerprint density at radius 2 is 1.85 bits per heavy atom. The Labute approximate surface area is 112 Å². The number of nitrogens with one attached hydrogen (secondary N) is 1. The van der Waals surface area contributed by atoms with Crippen LogP contribution in [0.2, 0.25) is 0 Å². The maximum absolute atomic E-state index is 13.3. The Morgan fingerprint density at radius 3 is 2.40 bits per heavy atom. The Morgan fingerprint density at radius 1 is 1.20 bits per heavy atom. The molecule has 0 aliphatic carbocycles. The van der Waals surface area contributed by atoms with E-state index in [2.05, 4.69) is 15.4 Å². The Balaban J connectivity index is 2.04. The average molecular weight is 288 g/mol. The van der Waals surface area contributed by atoms with Gasteiger partial charge in [-0.1, -0.05) is 6.92 Å². The average Bonchev–Trinajstić information content (AvgIpc) is 2.89. The molecular weight excluding hydrogens is 276 g/mol. The van der Waals surface area contributed by atoms with Gasteiger partial charge in [-0.25, -0.2) is 0 Å². The molecule has 2 rings (SSSR count). The van der Waals surface area contributed by atoms with Crippen molar-refractivity contribution in [3.63, 3.8) is 0 Å². The first kappa shape index (κ1) is 14.3. The van der Waals surface area contributed by atoms with E-state index in [1.54, 1.807) is 30.1 Å². The lowest BCUT2D eigenvalue weighted by atomic mass is 10.2. The highest BCUT2D eigenvalue weighted by molar-refractivity contribution is 5.45. The largest absolute Gasteiger partial charge is 0.380 e. The maximum Gasteiger partial charge on any atom is 0.253 e. The van der Waals surface area contributed by atoms with Gasteiger partial charge in [-0.05, 0) is 12.0 Å². The van der Waals surface area contributed by atoms with Crippen LogP contribution in [0.3, 0.4) is 0 Å². The summed E-state index contributed by atoms with van der Waals surface area (Å²) in [7, 11) is 0. The lowest BCUT2D eigenvalue weighted by Gasteiger charge is -2.14. The molecule has 1 N–H and O–H groups in total. The summed E-state index contributed by atoms with van der Waals surface area (Å²) in [6.07, 6.45) is 3.34. The molecule has 0 amide bonds. The number of anilines is 1. The van der Waals surface area contributed by atoms with Gasteiger partial charge in [-0.15, -0.1) is 0 Å². The summed E-state index contributed by atoms with van der Waals surface area (Å²) in [5, 5.41) is 6.35. The van der Waals surface area contributed by atoms with Gasteiger partial charge in [0.2, 0.25) is 11.6 Å². The van der Waals surface area contributed by atoms with E-state index in [0.717, 1.165) is 0 Å². The zero-order valence-corrected chi connectivity index (χ0v) is 10.6. The van der Waals surface area contributed by atoms with E-state index in [0.29, 0.717) is 6.54 Å². The molecule has 0 radical (unpaired) electrons. The van der Waals surface area contributed by atoms with Crippen molar-refractivity contribution >= 4 is 5.69 Å². The van der Waals surface area contributed by atoms with Crippen LogP contribution in [0, 0.1) is 29.4 Å². The summed E-state index contributed by atoms with van der Waals surface area (Å²) in [4.78, 5) is 2.48. The summed E-state index contributed by atoms with van der Waals surface area (Å²) in [5.41, 5.74) is -0.845. The smallest absolute Gasteiger partial charge is 0.253 e. The van der Waals surface area contributed by atoms with Crippen molar-refractivity contribution < 1.29 is 17.6 Å². The standard InChI is InChI=1S/C12H12F4N4/c1-7(6-20-4-2-3-18-20)5-17-10-8(13)11(15)19-12(16)9(10)14/h2-4,7H,5-6H2,1H3,(H,17,19). The van der Waals surface area contributed by atoms with Crippen LogP contribution in [0.15, 0.2) is 18.5 Å². The van der Waals surface area contributed by atoms with E-state index >= 15 is 0 Å². The molecule has 1 atom stereocenters. The van der Waals surface area contributed by atoms with Gasteiger partial charge in [0.25, 0.3) is 11.9 Å². The van der Waals surface area contributed by atoms with Crippen molar-refractivity contribution in [1.82, 2.24) is 14.8 Å². The van der Waals surface area contributed by atoms with E-state index in [1.807, 2.05) is 0 Å². The van der Waals surface area contributed by atoms with Crippen molar-refractivity contribution in [2.75, 3.05) is 11.9 Å². The number of aromatic nitrogens is 3. The molecule has 2 heterocycles. The van der Waals surface area contributed by atoms with Crippen LogP contribution in [-0.2, 0) is 6.54 Å². The number of hydrogen-bond donors (Lipinski definition) is 1. The second kappa shape index (κ2) is 5.89. The Bertz CT molecular complexity index is 559. The van der Waals surface area contributed by atoms with E-state index in [1.165, 1.54) is 0 Å². The Hall–Kier alpha value is -2.12. The van der Waals surface area contributed by atoms with Crippen LogP contribution >= 0.6 is 0 Å². The van der Waals surface area contributed by atoms with Crippen LogP contribution in [0.5, 0.6) is 0 Å². The summed E-state index contributed by atoms with van der Waals surface area (Å²) in [6, 6.07) is 1.74. The van der Waals surface area contributed by atoms with E-state index in [4.69, 9.17) is 0 Å². The predicted molar refractivity (Wildman–Crippen MR) is 63.9 cm³/mol. The van der Waals surface area contributed by atoms with E-state index in [-0.39, 0.29) is 12.5 Å². The Kier molecular flexibility index (Phi) is 4.21. The summed E-state index contributed by atoms with van der Waals surface area (Å²) in [5.74, 6) is -6.48. The predicted octanol–water partition coefficient (Wildman–Crippen LogP) is 2.58. The SMILES string of the molecule is CC(CNc1c(F)c(F)nc(F)c1F)Cn1cccn1. The highest BCUT2D eigenvalue weighted by Gasteiger charge is 2.20. The zero-order valence-electron chi connectivity index (χ0n) is 10.6. The molecule has 2 aromatic rings. The minimum atomic E-state index is -1.67. The zero-order chi connectivity index (χ0) is 14.7.